The van der Waals surface area contributed by atoms with Crippen LogP contribution in [0.1, 0.15) is 66.2 Å². The maximum Gasteiger partial charge on any atom is 0.00966 e. The molecule has 1 fully saturated rings. The van der Waals surface area contributed by atoms with Gasteiger partial charge in [-0.3, -0.25) is 0 Å². The lowest BCUT2D eigenvalue weighted by Crippen LogP contribution is -2.43. The van der Waals surface area contributed by atoms with E-state index in [0.29, 0.717) is 0 Å². The van der Waals surface area contributed by atoms with Crippen LogP contribution in [0.5, 0.6) is 0 Å². The molecule has 18 heavy (non-hydrogen) atoms. The molecule has 1 rings (SSSR count). The largest absolute Gasteiger partial charge is 0.312 e. The quantitative estimate of drug-likeness (QED) is 0.697. The van der Waals surface area contributed by atoms with E-state index in [2.05, 4.69) is 37.9 Å². The van der Waals surface area contributed by atoms with E-state index in [1.165, 1.54) is 64.7 Å². The molecule has 0 unspecified atom stereocenters. The first-order chi connectivity index (χ1) is 8.51. The summed E-state index contributed by atoms with van der Waals surface area (Å²) in [4.78, 5) is 2.67. The van der Waals surface area contributed by atoms with Crippen molar-refractivity contribution in [1.82, 2.24) is 10.2 Å². The molecule has 0 bridgehead atoms. The van der Waals surface area contributed by atoms with Crippen molar-refractivity contribution >= 4 is 0 Å². The molecule has 0 spiro atoms. The van der Waals surface area contributed by atoms with Gasteiger partial charge in [-0.05, 0) is 72.1 Å². The van der Waals surface area contributed by atoms with Crippen molar-refractivity contribution in [1.29, 1.82) is 0 Å². The van der Waals surface area contributed by atoms with Gasteiger partial charge in [-0.2, -0.15) is 0 Å². The molecule has 108 valence electrons. The molecule has 0 aromatic carbocycles. The molecule has 0 atom stereocenters. The van der Waals surface area contributed by atoms with Gasteiger partial charge >= 0.3 is 0 Å². The highest BCUT2D eigenvalue weighted by molar-refractivity contribution is 4.77. The van der Waals surface area contributed by atoms with E-state index in [-0.39, 0.29) is 5.54 Å². The van der Waals surface area contributed by atoms with Crippen LogP contribution in [0.2, 0.25) is 0 Å². The topological polar surface area (TPSA) is 15.3 Å². The molecule has 0 radical (unpaired) electrons. The zero-order valence-corrected chi connectivity index (χ0v) is 13.1. The smallest absolute Gasteiger partial charge is 0.00966 e. The predicted octanol–water partition coefficient (Wildman–Crippen LogP) is 3.67. The monoisotopic (exact) mass is 254 g/mol. The summed E-state index contributed by atoms with van der Waals surface area (Å²) in [5.74, 6) is 0.899. The fourth-order valence-corrected chi connectivity index (χ4v) is 2.63. The van der Waals surface area contributed by atoms with Crippen molar-refractivity contribution in [3.05, 3.63) is 0 Å². The Morgan fingerprint density at radius 1 is 1.06 bits per heavy atom. The summed E-state index contributed by atoms with van der Waals surface area (Å²) < 4.78 is 0. The molecule has 2 heteroatoms. The number of hydrogen-bond acceptors (Lipinski definition) is 2. The van der Waals surface area contributed by atoms with E-state index >= 15 is 0 Å². The van der Waals surface area contributed by atoms with Crippen LogP contribution in [0.25, 0.3) is 0 Å². The molecule has 0 saturated carbocycles. The lowest BCUT2D eigenvalue weighted by Gasteiger charge is -2.33. The van der Waals surface area contributed by atoms with Gasteiger partial charge < -0.3 is 10.2 Å². The van der Waals surface area contributed by atoms with Crippen LogP contribution < -0.4 is 5.32 Å². The van der Waals surface area contributed by atoms with Crippen molar-refractivity contribution in [2.75, 3.05) is 26.2 Å². The van der Waals surface area contributed by atoms with Gasteiger partial charge in [0.15, 0.2) is 0 Å². The average molecular weight is 254 g/mol. The molecule has 0 aromatic heterocycles. The average Bonchev–Trinajstić information content (AvgIpc) is 2.33. The van der Waals surface area contributed by atoms with Gasteiger partial charge in [0, 0.05) is 5.54 Å². The minimum absolute atomic E-state index is 0.275. The molecule has 1 N–H and O–H groups in total. The van der Waals surface area contributed by atoms with Gasteiger partial charge in [0.1, 0.15) is 0 Å². The van der Waals surface area contributed by atoms with Crippen LogP contribution in [0.3, 0.4) is 0 Å². The molecular weight excluding hydrogens is 220 g/mol. The predicted molar refractivity (Wildman–Crippen MR) is 81.1 cm³/mol. The van der Waals surface area contributed by atoms with E-state index in [1.54, 1.807) is 0 Å². The van der Waals surface area contributed by atoms with Crippen LogP contribution in [-0.2, 0) is 0 Å². The Balaban J connectivity index is 2.05. The Hall–Kier alpha value is -0.0800. The first-order valence-electron chi connectivity index (χ1n) is 7.98. The van der Waals surface area contributed by atoms with E-state index < -0.39 is 0 Å². The highest BCUT2D eigenvalue weighted by Gasteiger charge is 2.20. The normalized spacial score (nSPS) is 19.3. The number of rotatable bonds is 7. The van der Waals surface area contributed by atoms with E-state index in [4.69, 9.17) is 0 Å². The molecule has 0 amide bonds. The number of unbranched alkanes of at least 4 members (excludes halogenated alkanes) is 3. The Kier molecular flexibility index (Phi) is 7.25. The summed E-state index contributed by atoms with van der Waals surface area (Å²) in [5.41, 5.74) is 0.275. The fraction of sp³-hybridized carbons (Fsp3) is 1.00. The Labute approximate surface area is 115 Å². The lowest BCUT2D eigenvalue weighted by molar-refractivity contribution is 0.174. The van der Waals surface area contributed by atoms with Gasteiger partial charge in [0.25, 0.3) is 0 Å². The van der Waals surface area contributed by atoms with E-state index in [9.17, 15) is 0 Å². The molecule has 0 aliphatic carbocycles. The molecule has 1 heterocycles. The number of nitrogens with zero attached hydrogens (tertiary/aromatic N) is 1. The first-order valence-corrected chi connectivity index (χ1v) is 7.98. The Morgan fingerprint density at radius 2 is 1.72 bits per heavy atom. The third-order valence-electron chi connectivity index (χ3n) is 3.96. The fourth-order valence-electron chi connectivity index (χ4n) is 2.63. The van der Waals surface area contributed by atoms with E-state index in [1.807, 2.05) is 0 Å². The van der Waals surface area contributed by atoms with Crippen molar-refractivity contribution in [3.8, 4) is 0 Å². The highest BCUT2D eigenvalue weighted by atomic mass is 15.1. The maximum absolute atomic E-state index is 3.65. The van der Waals surface area contributed by atoms with Gasteiger partial charge in [0.2, 0.25) is 0 Å². The summed E-state index contributed by atoms with van der Waals surface area (Å²) >= 11 is 0. The molecule has 1 aliphatic heterocycles. The molecule has 0 aromatic rings. The van der Waals surface area contributed by atoms with Gasteiger partial charge in [-0.15, -0.1) is 0 Å². The van der Waals surface area contributed by atoms with Crippen LogP contribution in [0.4, 0.5) is 0 Å². The van der Waals surface area contributed by atoms with Crippen LogP contribution in [0.15, 0.2) is 0 Å². The summed E-state index contributed by atoms with van der Waals surface area (Å²) in [7, 11) is 0. The van der Waals surface area contributed by atoms with Crippen molar-refractivity contribution in [2.45, 2.75) is 71.8 Å². The summed E-state index contributed by atoms with van der Waals surface area (Å²) in [5, 5.41) is 3.65. The number of nitrogens with one attached hydrogen (secondary N) is 1. The summed E-state index contributed by atoms with van der Waals surface area (Å²) in [6, 6.07) is 0. The van der Waals surface area contributed by atoms with Crippen LogP contribution >= 0.6 is 0 Å². The van der Waals surface area contributed by atoms with Gasteiger partial charge in [0.05, 0.1) is 0 Å². The van der Waals surface area contributed by atoms with Gasteiger partial charge in [-0.1, -0.05) is 26.2 Å². The second-order valence-electron chi connectivity index (χ2n) is 6.98. The van der Waals surface area contributed by atoms with Crippen molar-refractivity contribution < 1.29 is 0 Å². The van der Waals surface area contributed by atoms with Crippen LogP contribution in [0, 0.1) is 5.92 Å². The standard InChI is InChI=1S/C16H34N2/c1-5-6-7-8-11-18-12-9-15(10-13-18)14-17-16(2,3)4/h15,17H,5-14H2,1-4H3. The Morgan fingerprint density at radius 3 is 2.28 bits per heavy atom. The van der Waals surface area contributed by atoms with Gasteiger partial charge in [-0.25, -0.2) is 0 Å². The van der Waals surface area contributed by atoms with E-state index in [0.717, 1.165) is 5.92 Å². The molecule has 2 nitrogen and oxygen atoms in total. The number of hydrogen-bond donors (Lipinski definition) is 1. The second-order valence-corrected chi connectivity index (χ2v) is 6.98. The zero-order chi connectivity index (χ0) is 13.4. The van der Waals surface area contributed by atoms with Crippen molar-refractivity contribution in [3.63, 3.8) is 0 Å². The Bertz CT molecular complexity index is 200. The first kappa shape index (κ1) is 16.0. The minimum atomic E-state index is 0.275. The third kappa shape index (κ3) is 7.38. The number of likely N-dealkylation sites (tertiary alicyclic amines) is 1. The van der Waals surface area contributed by atoms with Crippen LogP contribution in [-0.4, -0.2) is 36.6 Å². The lowest BCUT2D eigenvalue weighted by atomic mass is 9.95. The summed E-state index contributed by atoms with van der Waals surface area (Å²) in [6.45, 7) is 14.2. The van der Waals surface area contributed by atoms with Crippen molar-refractivity contribution in [2.24, 2.45) is 5.92 Å². The molecule has 1 saturated heterocycles. The SMILES string of the molecule is CCCCCCN1CCC(CNC(C)(C)C)CC1. The third-order valence-corrected chi connectivity index (χ3v) is 3.96. The summed E-state index contributed by atoms with van der Waals surface area (Å²) in [6.07, 6.45) is 8.35. The number of piperidine rings is 1. The molecule has 1 aliphatic rings. The second kappa shape index (κ2) is 8.16. The maximum atomic E-state index is 3.65. The zero-order valence-electron chi connectivity index (χ0n) is 13.1. The molecular formula is C16H34N2. The highest BCUT2D eigenvalue weighted by Crippen LogP contribution is 2.18. The minimum Gasteiger partial charge on any atom is -0.312 e.